The van der Waals surface area contributed by atoms with E-state index in [2.05, 4.69) is 40.8 Å². The molecule has 0 aromatic heterocycles. The lowest BCUT2D eigenvalue weighted by atomic mass is 9.85. The number of aldehydes is 1. The van der Waals surface area contributed by atoms with Crippen LogP contribution in [0.25, 0.3) is 0 Å². The van der Waals surface area contributed by atoms with Crippen molar-refractivity contribution in [2.45, 2.75) is 72.0 Å². The summed E-state index contributed by atoms with van der Waals surface area (Å²) >= 11 is 0. The number of ether oxygens (including phenoxy) is 1. The first-order valence-corrected chi connectivity index (χ1v) is 11.0. The maximum atomic E-state index is 11.6. The van der Waals surface area contributed by atoms with Crippen LogP contribution in [0.2, 0.25) is 18.1 Å². The molecule has 0 rings (SSSR count). The Labute approximate surface area is 137 Å². The summed E-state index contributed by atoms with van der Waals surface area (Å²) in [5, 5.41) is 0.216. The molecule has 0 amide bonds. The fourth-order valence-electron chi connectivity index (χ4n) is 1.91. The summed E-state index contributed by atoms with van der Waals surface area (Å²) in [6, 6.07) is 0. The van der Waals surface area contributed by atoms with Gasteiger partial charge in [0.05, 0.1) is 7.11 Å². The van der Waals surface area contributed by atoms with Crippen molar-refractivity contribution in [2.75, 3.05) is 13.7 Å². The van der Waals surface area contributed by atoms with Crippen LogP contribution in [0.15, 0.2) is 0 Å². The van der Waals surface area contributed by atoms with Gasteiger partial charge in [0.25, 0.3) is 0 Å². The van der Waals surface area contributed by atoms with Crippen LogP contribution >= 0.6 is 0 Å². The van der Waals surface area contributed by atoms with Gasteiger partial charge < -0.3 is 14.0 Å². The zero-order chi connectivity index (χ0) is 17.6. The molecule has 22 heavy (non-hydrogen) atoms. The minimum atomic E-state index is -1.70. The standard InChI is InChI=1S/C17H34O4Si/c1-14(12-21-22(7,8)16(2,3)4)10-9-11-17(5,13-18)15(19)20-6/h13-14H,9-12H2,1-8H3/t14-,17-/m0/s1. The molecular formula is C17H34O4Si. The second kappa shape index (κ2) is 8.25. The minimum absolute atomic E-state index is 0.216. The van der Waals surface area contributed by atoms with Gasteiger partial charge in [-0.25, -0.2) is 0 Å². The highest BCUT2D eigenvalue weighted by Gasteiger charge is 2.37. The summed E-state index contributed by atoms with van der Waals surface area (Å²) < 4.78 is 10.9. The van der Waals surface area contributed by atoms with Crippen molar-refractivity contribution in [2.24, 2.45) is 11.3 Å². The van der Waals surface area contributed by atoms with E-state index >= 15 is 0 Å². The van der Waals surface area contributed by atoms with Gasteiger partial charge in [-0.3, -0.25) is 4.79 Å². The van der Waals surface area contributed by atoms with Crippen LogP contribution in [0.4, 0.5) is 0 Å². The van der Waals surface area contributed by atoms with Gasteiger partial charge in [0.1, 0.15) is 11.7 Å². The predicted molar refractivity (Wildman–Crippen MR) is 92.4 cm³/mol. The highest BCUT2D eigenvalue weighted by Crippen LogP contribution is 2.37. The van der Waals surface area contributed by atoms with E-state index in [4.69, 9.17) is 9.16 Å². The van der Waals surface area contributed by atoms with E-state index in [1.807, 2.05) is 0 Å². The third kappa shape index (κ3) is 6.21. The van der Waals surface area contributed by atoms with E-state index in [0.29, 0.717) is 18.6 Å². The monoisotopic (exact) mass is 330 g/mol. The molecule has 0 saturated heterocycles. The molecule has 0 aliphatic heterocycles. The highest BCUT2D eigenvalue weighted by atomic mass is 28.4. The van der Waals surface area contributed by atoms with Crippen LogP contribution in [-0.2, 0) is 18.8 Å². The molecule has 5 heteroatoms. The van der Waals surface area contributed by atoms with Gasteiger partial charge in [-0.1, -0.05) is 34.1 Å². The van der Waals surface area contributed by atoms with E-state index in [0.717, 1.165) is 19.4 Å². The topological polar surface area (TPSA) is 52.6 Å². The number of methoxy groups -OCH3 is 1. The second-order valence-corrected chi connectivity index (χ2v) is 12.9. The second-order valence-electron chi connectivity index (χ2n) is 8.10. The number of carbonyl (C=O) groups excluding carboxylic acids is 2. The zero-order valence-electron chi connectivity index (χ0n) is 15.6. The van der Waals surface area contributed by atoms with Crippen LogP contribution in [0.1, 0.15) is 53.9 Å². The Bertz CT molecular complexity index is 373. The fourth-order valence-corrected chi connectivity index (χ4v) is 3.04. The van der Waals surface area contributed by atoms with Crippen LogP contribution < -0.4 is 0 Å². The maximum absolute atomic E-state index is 11.6. The van der Waals surface area contributed by atoms with E-state index in [1.165, 1.54) is 7.11 Å². The molecule has 0 aliphatic rings. The normalized spacial score (nSPS) is 16.7. The Morgan fingerprint density at radius 3 is 2.18 bits per heavy atom. The van der Waals surface area contributed by atoms with Crippen molar-refractivity contribution in [3.05, 3.63) is 0 Å². The summed E-state index contributed by atoms with van der Waals surface area (Å²) in [5.74, 6) is -0.0321. The largest absolute Gasteiger partial charge is 0.468 e. The lowest BCUT2D eigenvalue weighted by Gasteiger charge is -2.37. The van der Waals surface area contributed by atoms with Crippen molar-refractivity contribution >= 4 is 20.6 Å². The molecule has 0 radical (unpaired) electrons. The van der Waals surface area contributed by atoms with E-state index in [-0.39, 0.29) is 5.04 Å². The van der Waals surface area contributed by atoms with Gasteiger partial charge in [-0.05, 0) is 43.8 Å². The minimum Gasteiger partial charge on any atom is -0.468 e. The number of hydrogen-bond donors (Lipinski definition) is 0. The molecule has 0 aromatic rings. The average molecular weight is 331 g/mol. The van der Waals surface area contributed by atoms with Crippen LogP contribution in [0.5, 0.6) is 0 Å². The molecule has 0 aromatic carbocycles. The van der Waals surface area contributed by atoms with Gasteiger partial charge in [-0.2, -0.15) is 0 Å². The molecule has 0 aliphatic carbocycles. The summed E-state index contributed by atoms with van der Waals surface area (Å²) in [6.07, 6.45) is 2.98. The summed E-state index contributed by atoms with van der Waals surface area (Å²) in [6.45, 7) is 15.7. The molecule has 0 unspecified atom stereocenters. The van der Waals surface area contributed by atoms with Crippen molar-refractivity contribution in [3.8, 4) is 0 Å². The third-order valence-corrected chi connectivity index (χ3v) is 9.34. The molecule has 2 atom stereocenters. The summed E-state index contributed by atoms with van der Waals surface area (Å²) in [5.41, 5.74) is -1.02. The van der Waals surface area contributed by atoms with E-state index < -0.39 is 19.7 Å². The van der Waals surface area contributed by atoms with Crippen molar-refractivity contribution < 1.29 is 18.8 Å². The molecule has 0 saturated carbocycles. The van der Waals surface area contributed by atoms with Gasteiger partial charge in [0.15, 0.2) is 8.32 Å². The third-order valence-electron chi connectivity index (χ3n) is 4.84. The highest BCUT2D eigenvalue weighted by molar-refractivity contribution is 6.74. The number of esters is 1. The Morgan fingerprint density at radius 1 is 1.23 bits per heavy atom. The molecule has 0 spiro atoms. The lowest BCUT2D eigenvalue weighted by Crippen LogP contribution is -2.41. The van der Waals surface area contributed by atoms with Gasteiger partial charge in [0, 0.05) is 6.61 Å². The summed E-state index contributed by atoms with van der Waals surface area (Å²) in [4.78, 5) is 22.8. The smallest absolute Gasteiger partial charge is 0.318 e. The maximum Gasteiger partial charge on any atom is 0.318 e. The first kappa shape index (κ1) is 21.3. The Kier molecular flexibility index (Phi) is 7.99. The number of carbonyl (C=O) groups is 2. The van der Waals surface area contributed by atoms with Crippen molar-refractivity contribution in [3.63, 3.8) is 0 Å². The van der Waals surface area contributed by atoms with Gasteiger partial charge in [0.2, 0.25) is 0 Å². The van der Waals surface area contributed by atoms with Crippen molar-refractivity contribution in [1.82, 2.24) is 0 Å². The van der Waals surface area contributed by atoms with Crippen LogP contribution in [0.3, 0.4) is 0 Å². The summed E-state index contributed by atoms with van der Waals surface area (Å²) in [7, 11) is -0.385. The number of rotatable bonds is 9. The fraction of sp³-hybridized carbons (Fsp3) is 0.882. The van der Waals surface area contributed by atoms with Crippen molar-refractivity contribution in [1.29, 1.82) is 0 Å². The first-order chi connectivity index (χ1) is 9.89. The molecule has 0 N–H and O–H groups in total. The van der Waals surface area contributed by atoms with Crippen LogP contribution in [-0.4, -0.2) is 34.3 Å². The average Bonchev–Trinajstić information content (AvgIpc) is 2.42. The van der Waals surface area contributed by atoms with Crippen LogP contribution in [0, 0.1) is 11.3 Å². The first-order valence-electron chi connectivity index (χ1n) is 8.08. The SMILES string of the molecule is COC(=O)[C@](C)(C=O)CCC[C@H](C)CO[Si](C)(C)C(C)(C)C. The Hall–Kier alpha value is -0.683. The predicted octanol–water partition coefficient (Wildman–Crippen LogP) is 4.19. The number of hydrogen-bond acceptors (Lipinski definition) is 4. The lowest BCUT2D eigenvalue weighted by molar-refractivity contribution is -0.154. The molecule has 4 nitrogen and oxygen atoms in total. The van der Waals surface area contributed by atoms with Gasteiger partial charge in [-0.15, -0.1) is 0 Å². The van der Waals surface area contributed by atoms with E-state index in [9.17, 15) is 9.59 Å². The molecule has 130 valence electrons. The van der Waals surface area contributed by atoms with Gasteiger partial charge >= 0.3 is 5.97 Å². The molecule has 0 heterocycles. The molecular weight excluding hydrogens is 296 g/mol. The zero-order valence-corrected chi connectivity index (χ0v) is 16.6. The molecule has 0 bridgehead atoms. The molecule has 0 fully saturated rings. The van der Waals surface area contributed by atoms with E-state index in [1.54, 1.807) is 6.92 Å². The Balaban J connectivity index is 4.28. The quantitative estimate of drug-likeness (QED) is 0.275. The Morgan fingerprint density at radius 2 is 1.77 bits per heavy atom.